The highest BCUT2D eigenvalue weighted by Crippen LogP contribution is 2.19. The molecule has 20 heavy (non-hydrogen) atoms. The molecule has 1 amide bonds. The number of aryl methyl sites for hydroxylation is 2. The highest BCUT2D eigenvalue weighted by atomic mass is 32.1. The van der Waals surface area contributed by atoms with E-state index in [1.165, 1.54) is 0 Å². The van der Waals surface area contributed by atoms with E-state index in [2.05, 4.69) is 10.3 Å². The van der Waals surface area contributed by atoms with Gasteiger partial charge in [0.1, 0.15) is 5.75 Å². The Balaban J connectivity index is 2.07. The van der Waals surface area contributed by atoms with Crippen LogP contribution in [0.5, 0.6) is 5.75 Å². The summed E-state index contributed by atoms with van der Waals surface area (Å²) >= 11 is 1.61. The van der Waals surface area contributed by atoms with Crippen molar-refractivity contribution in [3.63, 3.8) is 0 Å². The SMILES string of the molecule is CCOc1ccccc1C(=O)NCc1sc(C)nc1C. The predicted octanol–water partition coefficient (Wildman–Crippen LogP) is 3.09. The van der Waals surface area contributed by atoms with Crippen molar-refractivity contribution in [2.45, 2.75) is 27.3 Å². The summed E-state index contributed by atoms with van der Waals surface area (Å²) in [6, 6.07) is 7.27. The van der Waals surface area contributed by atoms with Crippen LogP contribution in [0.25, 0.3) is 0 Å². The molecule has 0 saturated heterocycles. The highest BCUT2D eigenvalue weighted by molar-refractivity contribution is 7.11. The van der Waals surface area contributed by atoms with Crippen LogP contribution in [0.15, 0.2) is 24.3 Å². The predicted molar refractivity (Wildman–Crippen MR) is 80.4 cm³/mol. The summed E-state index contributed by atoms with van der Waals surface area (Å²) in [6.07, 6.45) is 0. The van der Waals surface area contributed by atoms with Crippen LogP contribution in [0.4, 0.5) is 0 Å². The number of para-hydroxylation sites is 1. The number of nitrogens with one attached hydrogen (secondary N) is 1. The quantitative estimate of drug-likeness (QED) is 0.920. The number of carbonyl (C=O) groups is 1. The smallest absolute Gasteiger partial charge is 0.255 e. The Hall–Kier alpha value is -1.88. The van der Waals surface area contributed by atoms with Gasteiger partial charge in [0.25, 0.3) is 5.91 Å². The molecule has 1 heterocycles. The van der Waals surface area contributed by atoms with E-state index in [-0.39, 0.29) is 5.91 Å². The Morgan fingerprint density at radius 2 is 2.10 bits per heavy atom. The van der Waals surface area contributed by atoms with Crippen molar-refractivity contribution in [2.75, 3.05) is 6.61 Å². The van der Waals surface area contributed by atoms with Gasteiger partial charge in [-0.2, -0.15) is 0 Å². The van der Waals surface area contributed by atoms with E-state index in [0.717, 1.165) is 15.6 Å². The van der Waals surface area contributed by atoms with Crippen LogP contribution in [0, 0.1) is 13.8 Å². The van der Waals surface area contributed by atoms with Gasteiger partial charge >= 0.3 is 0 Å². The standard InChI is InChI=1S/C15H18N2O2S/c1-4-19-13-8-6-5-7-12(13)15(18)16-9-14-10(2)17-11(3)20-14/h5-8H,4,9H2,1-3H3,(H,16,18). The maximum Gasteiger partial charge on any atom is 0.255 e. The lowest BCUT2D eigenvalue weighted by Gasteiger charge is -2.10. The summed E-state index contributed by atoms with van der Waals surface area (Å²) in [6.45, 7) is 6.86. The van der Waals surface area contributed by atoms with Gasteiger partial charge in [-0.15, -0.1) is 11.3 Å². The molecule has 4 nitrogen and oxygen atoms in total. The first kappa shape index (κ1) is 14.5. The molecule has 2 aromatic rings. The second-order valence-corrected chi connectivity index (χ2v) is 5.64. The molecule has 0 spiro atoms. The van der Waals surface area contributed by atoms with E-state index in [9.17, 15) is 4.79 Å². The second-order valence-electron chi connectivity index (χ2n) is 4.35. The molecule has 106 valence electrons. The van der Waals surface area contributed by atoms with E-state index in [1.54, 1.807) is 23.5 Å². The highest BCUT2D eigenvalue weighted by Gasteiger charge is 2.12. The lowest BCUT2D eigenvalue weighted by molar-refractivity contribution is 0.0947. The third-order valence-electron chi connectivity index (χ3n) is 2.84. The minimum absolute atomic E-state index is 0.125. The monoisotopic (exact) mass is 290 g/mol. The van der Waals surface area contributed by atoms with Crippen molar-refractivity contribution in [2.24, 2.45) is 0 Å². The molecule has 5 heteroatoms. The third-order valence-corrected chi connectivity index (χ3v) is 3.91. The first-order valence-electron chi connectivity index (χ1n) is 6.54. The molecule has 1 N–H and O–H groups in total. The van der Waals surface area contributed by atoms with Gasteiger partial charge in [0.15, 0.2) is 0 Å². The van der Waals surface area contributed by atoms with Crippen LogP contribution in [-0.4, -0.2) is 17.5 Å². The van der Waals surface area contributed by atoms with Gasteiger partial charge in [0, 0.05) is 4.88 Å². The van der Waals surface area contributed by atoms with Gasteiger partial charge in [-0.05, 0) is 32.9 Å². The molecular weight excluding hydrogens is 272 g/mol. The van der Waals surface area contributed by atoms with E-state index in [0.29, 0.717) is 24.5 Å². The second kappa shape index (κ2) is 6.52. The molecule has 1 aromatic carbocycles. The fourth-order valence-corrected chi connectivity index (χ4v) is 2.81. The molecular formula is C15H18N2O2S. The van der Waals surface area contributed by atoms with Gasteiger partial charge < -0.3 is 10.1 Å². The lowest BCUT2D eigenvalue weighted by Crippen LogP contribution is -2.23. The number of nitrogens with zero attached hydrogens (tertiary/aromatic N) is 1. The number of thiazole rings is 1. The maximum absolute atomic E-state index is 12.2. The molecule has 0 bridgehead atoms. The fraction of sp³-hybridized carbons (Fsp3) is 0.333. The van der Waals surface area contributed by atoms with E-state index < -0.39 is 0 Å². The summed E-state index contributed by atoms with van der Waals surface area (Å²) in [5.74, 6) is 0.490. The van der Waals surface area contributed by atoms with Crippen molar-refractivity contribution in [1.82, 2.24) is 10.3 Å². The molecule has 0 atom stereocenters. The third kappa shape index (κ3) is 3.36. The van der Waals surface area contributed by atoms with Gasteiger partial charge in [-0.25, -0.2) is 4.98 Å². The number of aromatic nitrogens is 1. The van der Waals surface area contributed by atoms with Gasteiger partial charge in [0.2, 0.25) is 0 Å². The number of hydrogen-bond acceptors (Lipinski definition) is 4. The summed E-state index contributed by atoms with van der Waals surface area (Å²) < 4.78 is 5.47. The summed E-state index contributed by atoms with van der Waals surface area (Å²) in [7, 11) is 0. The summed E-state index contributed by atoms with van der Waals surface area (Å²) in [4.78, 5) is 17.7. The van der Waals surface area contributed by atoms with E-state index in [1.807, 2.05) is 32.9 Å². The number of ether oxygens (including phenoxy) is 1. The molecule has 0 radical (unpaired) electrons. The van der Waals surface area contributed by atoms with Crippen LogP contribution in [0.1, 0.15) is 32.9 Å². The number of hydrogen-bond donors (Lipinski definition) is 1. The Kier molecular flexibility index (Phi) is 4.74. The summed E-state index contributed by atoms with van der Waals surface area (Å²) in [5, 5.41) is 3.93. The molecule has 1 aromatic heterocycles. The minimum atomic E-state index is -0.125. The van der Waals surface area contributed by atoms with Crippen LogP contribution >= 0.6 is 11.3 Å². The zero-order valence-electron chi connectivity index (χ0n) is 11.9. The van der Waals surface area contributed by atoms with Crippen molar-refractivity contribution in [3.05, 3.63) is 45.4 Å². The average molecular weight is 290 g/mol. The van der Waals surface area contributed by atoms with E-state index in [4.69, 9.17) is 4.74 Å². The fourth-order valence-electron chi connectivity index (χ4n) is 1.93. The number of carbonyl (C=O) groups excluding carboxylic acids is 1. The molecule has 0 aliphatic rings. The van der Waals surface area contributed by atoms with Crippen LogP contribution in [-0.2, 0) is 6.54 Å². The van der Waals surface area contributed by atoms with Crippen molar-refractivity contribution >= 4 is 17.2 Å². The van der Waals surface area contributed by atoms with Crippen molar-refractivity contribution in [3.8, 4) is 5.75 Å². The summed E-state index contributed by atoms with van der Waals surface area (Å²) in [5.41, 5.74) is 1.54. The van der Waals surface area contributed by atoms with E-state index >= 15 is 0 Å². The number of amides is 1. The Morgan fingerprint density at radius 3 is 2.75 bits per heavy atom. The van der Waals surface area contributed by atoms with Gasteiger partial charge in [-0.3, -0.25) is 4.79 Å². The molecule has 2 rings (SSSR count). The molecule has 0 fully saturated rings. The Morgan fingerprint density at radius 1 is 1.35 bits per heavy atom. The molecule has 0 aliphatic carbocycles. The number of rotatable bonds is 5. The number of benzene rings is 1. The van der Waals surface area contributed by atoms with Crippen molar-refractivity contribution in [1.29, 1.82) is 0 Å². The first-order valence-corrected chi connectivity index (χ1v) is 7.36. The lowest BCUT2D eigenvalue weighted by atomic mass is 10.2. The molecule has 0 aliphatic heterocycles. The van der Waals surface area contributed by atoms with Crippen molar-refractivity contribution < 1.29 is 9.53 Å². The van der Waals surface area contributed by atoms with Gasteiger partial charge in [0.05, 0.1) is 29.4 Å². The maximum atomic E-state index is 12.2. The van der Waals surface area contributed by atoms with Crippen LogP contribution < -0.4 is 10.1 Å². The Labute approximate surface area is 122 Å². The first-order chi connectivity index (χ1) is 9.61. The Bertz CT molecular complexity index is 608. The average Bonchev–Trinajstić information content (AvgIpc) is 2.75. The normalized spacial score (nSPS) is 10.3. The topological polar surface area (TPSA) is 51.2 Å². The largest absolute Gasteiger partial charge is 0.493 e. The van der Waals surface area contributed by atoms with Gasteiger partial charge in [-0.1, -0.05) is 12.1 Å². The molecule has 0 unspecified atom stereocenters. The zero-order valence-corrected chi connectivity index (χ0v) is 12.7. The van der Waals surface area contributed by atoms with Crippen LogP contribution in [0.3, 0.4) is 0 Å². The zero-order chi connectivity index (χ0) is 14.5. The van der Waals surface area contributed by atoms with Crippen LogP contribution in [0.2, 0.25) is 0 Å². The minimum Gasteiger partial charge on any atom is -0.493 e. The molecule has 0 saturated carbocycles.